The highest BCUT2D eigenvalue weighted by Crippen LogP contribution is 2.32. The Bertz CT molecular complexity index is 1510. The topological polar surface area (TPSA) is 91.4 Å². The molecule has 0 saturated carbocycles. The van der Waals surface area contributed by atoms with Crippen LogP contribution < -0.4 is 9.04 Å². The number of aryl methyl sites for hydroxylation is 1. The molecule has 0 aliphatic carbocycles. The number of sulfonamides is 1. The van der Waals surface area contributed by atoms with Crippen LogP contribution in [-0.2, 0) is 30.7 Å². The van der Waals surface area contributed by atoms with E-state index in [1.54, 1.807) is 24.3 Å². The first-order valence-electron chi connectivity index (χ1n) is 15.9. The lowest BCUT2D eigenvalue weighted by Gasteiger charge is -2.27. The number of ether oxygens (including phenoxy) is 4. The minimum atomic E-state index is -3.89. The first kappa shape index (κ1) is 32.3. The number of carbonyl (C=O) groups excluding carboxylic acids is 1. The number of fused-ring (bicyclic) bond motifs is 1. The number of rotatable bonds is 12. The smallest absolute Gasteiger partial charge is 0.341 e. The Labute approximate surface area is 261 Å². The Morgan fingerprint density at radius 2 is 1.50 bits per heavy atom. The summed E-state index contributed by atoms with van der Waals surface area (Å²) >= 11 is 0. The lowest BCUT2D eigenvalue weighted by Crippen LogP contribution is -2.34. The molecule has 0 spiro atoms. The van der Waals surface area contributed by atoms with Crippen LogP contribution in [0.4, 0.5) is 5.69 Å². The van der Waals surface area contributed by atoms with Gasteiger partial charge in [0, 0.05) is 33.0 Å². The van der Waals surface area contributed by atoms with Gasteiger partial charge in [-0.2, -0.15) is 0 Å². The van der Waals surface area contributed by atoms with Crippen molar-refractivity contribution < 1.29 is 32.2 Å². The maximum absolute atomic E-state index is 14.1. The van der Waals surface area contributed by atoms with E-state index < -0.39 is 16.0 Å². The average molecular weight is 624 g/mol. The number of benzene rings is 3. The molecular formula is C35H45NO7S. The third-order valence-corrected chi connectivity index (χ3v) is 10.3. The molecule has 8 nitrogen and oxygen atoms in total. The van der Waals surface area contributed by atoms with Crippen LogP contribution in [-0.4, -0.2) is 60.6 Å². The fourth-order valence-corrected chi connectivity index (χ4v) is 7.36. The van der Waals surface area contributed by atoms with Gasteiger partial charge in [0.15, 0.2) is 0 Å². The zero-order chi connectivity index (χ0) is 31.1. The lowest BCUT2D eigenvalue weighted by molar-refractivity contribution is 0.0180. The van der Waals surface area contributed by atoms with E-state index in [9.17, 15) is 13.2 Å². The van der Waals surface area contributed by atoms with E-state index in [1.165, 1.54) is 4.31 Å². The molecule has 9 heteroatoms. The normalized spacial score (nSPS) is 16.7. The van der Waals surface area contributed by atoms with Gasteiger partial charge in [-0.05, 0) is 103 Å². The van der Waals surface area contributed by atoms with Crippen LogP contribution in [0.1, 0.15) is 62.4 Å². The van der Waals surface area contributed by atoms with E-state index in [1.807, 2.05) is 44.2 Å². The largest absolute Gasteiger partial charge is 0.492 e. The molecule has 5 rings (SSSR count). The minimum absolute atomic E-state index is 0.114. The minimum Gasteiger partial charge on any atom is -0.492 e. The summed E-state index contributed by atoms with van der Waals surface area (Å²) in [5.41, 5.74) is 2.08. The average Bonchev–Trinajstić information content (AvgIpc) is 3.05. The van der Waals surface area contributed by atoms with E-state index in [0.29, 0.717) is 74.5 Å². The maximum Gasteiger partial charge on any atom is 0.341 e. The Morgan fingerprint density at radius 1 is 0.864 bits per heavy atom. The van der Waals surface area contributed by atoms with Gasteiger partial charge in [0.25, 0.3) is 10.0 Å². The number of carbonyl (C=O) groups is 1. The predicted octanol–water partition coefficient (Wildman–Crippen LogP) is 6.64. The van der Waals surface area contributed by atoms with Crippen molar-refractivity contribution in [3.8, 4) is 5.75 Å². The molecule has 3 aromatic carbocycles. The van der Waals surface area contributed by atoms with Gasteiger partial charge in [-0.25, -0.2) is 13.2 Å². The molecule has 2 heterocycles. The molecule has 2 saturated heterocycles. The van der Waals surface area contributed by atoms with Crippen molar-refractivity contribution >= 4 is 32.5 Å². The molecule has 44 heavy (non-hydrogen) atoms. The van der Waals surface area contributed by atoms with Gasteiger partial charge in [-0.3, -0.25) is 4.31 Å². The summed E-state index contributed by atoms with van der Waals surface area (Å²) in [5.74, 6) is 0.704. The quantitative estimate of drug-likeness (QED) is 0.209. The number of hydrogen-bond acceptors (Lipinski definition) is 7. The monoisotopic (exact) mass is 623 g/mol. The fourth-order valence-electron chi connectivity index (χ4n) is 5.70. The molecule has 0 bridgehead atoms. The zero-order valence-corrected chi connectivity index (χ0v) is 26.9. The Morgan fingerprint density at radius 3 is 2.11 bits per heavy atom. The van der Waals surface area contributed by atoms with Crippen molar-refractivity contribution in [2.75, 3.05) is 50.5 Å². The lowest BCUT2D eigenvalue weighted by atomic mass is 10.0. The van der Waals surface area contributed by atoms with E-state index >= 15 is 0 Å². The summed E-state index contributed by atoms with van der Waals surface area (Å²) < 4.78 is 52.6. The summed E-state index contributed by atoms with van der Waals surface area (Å²) in [6, 6.07) is 16.3. The summed E-state index contributed by atoms with van der Waals surface area (Å²) in [6.07, 6.45) is 4.40. The predicted molar refractivity (Wildman–Crippen MR) is 172 cm³/mol. The highest BCUT2D eigenvalue weighted by Gasteiger charge is 2.27. The summed E-state index contributed by atoms with van der Waals surface area (Å²) in [4.78, 5) is 13.6. The number of esters is 1. The van der Waals surface area contributed by atoms with Crippen molar-refractivity contribution in [2.24, 2.45) is 17.8 Å². The zero-order valence-electron chi connectivity index (χ0n) is 26.1. The van der Waals surface area contributed by atoms with Gasteiger partial charge < -0.3 is 18.9 Å². The first-order valence-corrected chi connectivity index (χ1v) is 17.3. The standard InChI is InChI=1S/C35H45NO7S/c1-4-26-5-8-31(9-6-26)36(22-25(2)3)44(38,39)32-10-7-29-21-34(42-23-27-11-15-40-16-12-27)33(20-30(29)19-32)35(37)43-24-28-13-17-41-18-14-28/h5-10,19-21,25,27-28H,4,11-18,22-24H2,1-3H3. The van der Waals surface area contributed by atoms with Gasteiger partial charge in [-0.1, -0.05) is 39.0 Å². The molecule has 0 atom stereocenters. The number of nitrogens with zero attached hydrogens (tertiary/aromatic N) is 1. The molecule has 0 N–H and O–H groups in total. The van der Waals surface area contributed by atoms with Crippen LogP contribution in [0.3, 0.4) is 0 Å². The summed E-state index contributed by atoms with van der Waals surface area (Å²) in [5, 5.41) is 1.42. The van der Waals surface area contributed by atoms with Gasteiger partial charge in [0.2, 0.25) is 0 Å². The SMILES string of the molecule is CCc1ccc(N(CC(C)C)S(=O)(=O)c2ccc3cc(OCC4CCOCC4)c(C(=O)OCC4CCOCC4)cc3c2)cc1. The van der Waals surface area contributed by atoms with Crippen LogP contribution in [0, 0.1) is 17.8 Å². The van der Waals surface area contributed by atoms with E-state index in [0.717, 1.165) is 43.1 Å². The van der Waals surface area contributed by atoms with Crippen LogP contribution >= 0.6 is 0 Å². The van der Waals surface area contributed by atoms with Gasteiger partial charge in [-0.15, -0.1) is 0 Å². The van der Waals surface area contributed by atoms with Crippen molar-refractivity contribution in [3.63, 3.8) is 0 Å². The van der Waals surface area contributed by atoms with Crippen LogP contribution in [0.5, 0.6) is 5.75 Å². The highest BCUT2D eigenvalue weighted by molar-refractivity contribution is 7.92. The Balaban J connectivity index is 1.47. The summed E-state index contributed by atoms with van der Waals surface area (Å²) in [7, 11) is -3.89. The third-order valence-electron chi connectivity index (χ3n) is 8.49. The molecule has 2 aliphatic rings. The second-order valence-corrected chi connectivity index (χ2v) is 14.2. The Hall–Kier alpha value is -3.14. The van der Waals surface area contributed by atoms with Crippen molar-refractivity contribution in [1.29, 1.82) is 0 Å². The van der Waals surface area contributed by atoms with Gasteiger partial charge in [0.05, 0.1) is 23.8 Å². The van der Waals surface area contributed by atoms with Crippen molar-refractivity contribution in [3.05, 3.63) is 65.7 Å². The van der Waals surface area contributed by atoms with E-state index in [2.05, 4.69) is 6.92 Å². The molecule has 3 aromatic rings. The Kier molecular flexibility index (Phi) is 10.8. The fraction of sp³-hybridized carbons (Fsp3) is 0.514. The van der Waals surface area contributed by atoms with E-state index in [4.69, 9.17) is 18.9 Å². The maximum atomic E-state index is 14.1. The number of anilines is 1. The highest BCUT2D eigenvalue weighted by atomic mass is 32.2. The molecular weight excluding hydrogens is 578 g/mol. The van der Waals surface area contributed by atoms with Crippen molar-refractivity contribution in [1.82, 2.24) is 0 Å². The molecule has 238 valence electrons. The third kappa shape index (κ3) is 7.92. The molecule has 2 fully saturated rings. The molecule has 2 aliphatic heterocycles. The van der Waals surface area contributed by atoms with Crippen LogP contribution in [0.15, 0.2) is 59.5 Å². The van der Waals surface area contributed by atoms with Crippen LogP contribution in [0.25, 0.3) is 10.8 Å². The summed E-state index contributed by atoms with van der Waals surface area (Å²) in [6.45, 7) is 9.97. The molecule has 0 aromatic heterocycles. The second kappa shape index (κ2) is 14.8. The molecule has 0 radical (unpaired) electrons. The number of hydrogen-bond donors (Lipinski definition) is 0. The van der Waals surface area contributed by atoms with Crippen LogP contribution in [0.2, 0.25) is 0 Å². The van der Waals surface area contributed by atoms with Gasteiger partial charge in [0.1, 0.15) is 11.3 Å². The molecule has 0 amide bonds. The van der Waals surface area contributed by atoms with E-state index in [-0.39, 0.29) is 16.7 Å². The van der Waals surface area contributed by atoms with Gasteiger partial charge >= 0.3 is 5.97 Å². The molecule has 0 unspecified atom stereocenters. The first-order chi connectivity index (χ1) is 21.2. The van der Waals surface area contributed by atoms with Crippen molar-refractivity contribution in [2.45, 2.75) is 57.8 Å². The second-order valence-electron chi connectivity index (χ2n) is 12.3.